The Balaban J connectivity index is 1.07. The summed E-state index contributed by atoms with van der Waals surface area (Å²) in [7, 11) is 6.11. The molecule has 8 rings (SSSR count). The number of benzene rings is 2. The predicted octanol–water partition coefficient (Wildman–Crippen LogP) is 0.807. The maximum atomic E-state index is 14.2. The van der Waals surface area contributed by atoms with Crippen molar-refractivity contribution in [3.63, 3.8) is 0 Å². The SMILES string of the molecule is CN(C)[C@@H]1C(=O)C(C(N)=O)=C(O)[C@@]2(O)C(=O)C3=C(O)c4c(O)ccc(CCCCc5ccc(O)c6c5C[C@H]5C[C@H]7[C@H](N(C)C)C(=O)C(C(N)=O)=C(O)[C@@]7(O)C(=O)C5=C6O)c4C[C@H]3C[C@@H]12. The summed E-state index contributed by atoms with van der Waals surface area (Å²) in [6.45, 7) is 0. The molecule has 2 aromatic carbocycles. The van der Waals surface area contributed by atoms with Gasteiger partial charge >= 0.3 is 0 Å². The molecule has 338 valence electrons. The maximum Gasteiger partial charge on any atom is 0.255 e. The van der Waals surface area contributed by atoms with Gasteiger partial charge in [0.15, 0.2) is 22.8 Å². The molecule has 2 fully saturated rings. The van der Waals surface area contributed by atoms with Crippen LogP contribution in [-0.4, -0.2) is 137 Å². The molecule has 64 heavy (non-hydrogen) atoms. The molecule has 12 N–H and O–H groups in total. The maximum absolute atomic E-state index is 14.2. The van der Waals surface area contributed by atoms with Crippen LogP contribution in [-0.2, 0) is 54.5 Å². The van der Waals surface area contributed by atoms with Crippen LogP contribution in [0, 0.1) is 23.7 Å². The Kier molecular flexibility index (Phi) is 10.5. The van der Waals surface area contributed by atoms with Gasteiger partial charge in [-0.2, -0.15) is 0 Å². The number of fused-ring (bicyclic) bond motifs is 6. The summed E-state index contributed by atoms with van der Waals surface area (Å²) in [5.41, 5.74) is 5.61. The highest BCUT2D eigenvalue weighted by Crippen LogP contribution is 2.55. The Hall–Kier alpha value is -6.34. The summed E-state index contributed by atoms with van der Waals surface area (Å²) >= 11 is 0. The monoisotopic (exact) mass is 882 g/mol. The largest absolute Gasteiger partial charge is 0.508 e. The minimum Gasteiger partial charge on any atom is -0.508 e. The Morgan fingerprint density at radius 3 is 1.27 bits per heavy atom. The highest BCUT2D eigenvalue weighted by Gasteiger charge is 2.66. The van der Waals surface area contributed by atoms with Crippen molar-refractivity contribution in [1.29, 1.82) is 0 Å². The van der Waals surface area contributed by atoms with Crippen LogP contribution in [0.3, 0.4) is 0 Å². The van der Waals surface area contributed by atoms with E-state index in [-0.39, 0.29) is 59.5 Å². The number of primary amides is 2. The number of aromatic hydroxyl groups is 2. The molecule has 0 saturated heterocycles. The molecule has 6 aliphatic carbocycles. The molecule has 0 bridgehead atoms. The van der Waals surface area contributed by atoms with Gasteiger partial charge in [0.1, 0.15) is 45.7 Å². The molecule has 0 aliphatic heterocycles. The van der Waals surface area contributed by atoms with Gasteiger partial charge in [-0.05, 0) is 126 Å². The van der Waals surface area contributed by atoms with Crippen molar-refractivity contribution in [2.75, 3.05) is 28.2 Å². The van der Waals surface area contributed by atoms with Crippen molar-refractivity contribution in [2.24, 2.45) is 35.1 Å². The van der Waals surface area contributed by atoms with Gasteiger partial charge in [0.05, 0.1) is 23.2 Å². The standard InChI is InChI=1S/C46H50N4O14/c1-49(2)33-23-15-19-13-21-17(9-11-25(51)29(21)35(53)27(19)39(57)45(23,63)41(59)31(37(33)55)43(47)61)7-5-6-8-18-10-12-26(52)30-22(18)14-20-16-24-34(50(3)4)38(56)32(44(48)62)42(60)46(24,64)40(58)28(20)36(30)54/h9-12,19-20,23-24,33-34,51-54,59-60,63-64H,5-8,13-16H2,1-4H3,(H2,47,61)(H2,48,62)/t19-,20-,23-,24-,33-,34-,45-,46-/m0/s1. The van der Waals surface area contributed by atoms with E-state index >= 15 is 0 Å². The number of aliphatic hydroxyl groups excluding tert-OH is 4. The molecule has 6 aliphatic rings. The summed E-state index contributed by atoms with van der Waals surface area (Å²) in [4.78, 5) is 82.8. The predicted molar refractivity (Wildman–Crippen MR) is 225 cm³/mol. The number of nitrogens with two attached hydrogens (primary N) is 2. The van der Waals surface area contributed by atoms with Crippen molar-refractivity contribution in [3.05, 3.63) is 91.5 Å². The zero-order valence-corrected chi connectivity index (χ0v) is 35.5. The zero-order valence-electron chi connectivity index (χ0n) is 35.5. The molecule has 0 unspecified atom stereocenters. The van der Waals surface area contributed by atoms with Crippen LogP contribution in [0.15, 0.2) is 58.1 Å². The zero-order chi connectivity index (χ0) is 46.8. The van der Waals surface area contributed by atoms with E-state index in [1.165, 1.54) is 50.1 Å². The third kappa shape index (κ3) is 5.99. The number of likely N-dealkylation sites (N-methyl/N-ethyl adjacent to an activating group) is 2. The lowest BCUT2D eigenvalue weighted by Gasteiger charge is -2.50. The summed E-state index contributed by atoms with van der Waals surface area (Å²) in [6, 6.07) is 3.73. The molecule has 2 aromatic rings. The van der Waals surface area contributed by atoms with Crippen LogP contribution < -0.4 is 11.5 Å². The Bertz CT molecular complexity index is 2480. The van der Waals surface area contributed by atoms with E-state index in [1.807, 2.05) is 0 Å². The second-order valence-electron chi connectivity index (χ2n) is 18.3. The summed E-state index contributed by atoms with van der Waals surface area (Å²) in [6.07, 6.45) is 2.11. The van der Waals surface area contributed by atoms with E-state index in [2.05, 4.69) is 0 Å². The minimum absolute atomic E-state index is 0.0146. The number of carbonyl (C=O) groups is 6. The Morgan fingerprint density at radius 1 is 0.609 bits per heavy atom. The third-order valence-electron chi connectivity index (χ3n) is 14.5. The fraction of sp³-hybridized carbons (Fsp3) is 0.435. The van der Waals surface area contributed by atoms with Gasteiger partial charge in [-0.15, -0.1) is 0 Å². The molecular formula is C46H50N4O14. The number of unbranched alkanes of at least 4 members (excludes halogenated alkanes) is 1. The van der Waals surface area contributed by atoms with Crippen LogP contribution in [0.4, 0.5) is 0 Å². The van der Waals surface area contributed by atoms with E-state index in [1.54, 1.807) is 12.1 Å². The van der Waals surface area contributed by atoms with Crippen LogP contribution in [0.2, 0.25) is 0 Å². The first-order valence-electron chi connectivity index (χ1n) is 21.0. The summed E-state index contributed by atoms with van der Waals surface area (Å²) in [5, 5.41) is 91.4. The number of phenols is 2. The Labute approximate surface area is 366 Å². The summed E-state index contributed by atoms with van der Waals surface area (Å²) < 4.78 is 0. The average molecular weight is 883 g/mol. The third-order valence-corrected chi connectivity index (χ3v) is 14.5. The number of carbonyl (C=O) groups excluding carboxylic acids is 6. The molecule has 18 heteroatoms. The van der Waals surface area contributed by atoms with Gasteiger partial charge in [-0.1, -0.05) is 12.1 Å². The highest BCUT2D eigenvalue weighted by atomic mass is 16.4. The van der Waals surface area contributed by atoms with E-state index < -0.39 is 116 Å². The van der Waals surface area contributed by atoms with Crippen molar-refractivity contribution >= 4 is 46.5 Å². The molecule has 0 aromatic heterocycles. The van der Waals surface area contributed by atoms with Crippen LogP contribution in [0.25, 0.3) is 11.5 Å². The minimum atomic E-state index is -2.75. The molecule has 8 atom stereocenters. The number of aliphatic hydroxyl groups is 6. The number of ketones is 4. The van der Waals surface area contributed by atoms with E-state index in [0.717, 1.165) is 11.1 Å². The number of amides is 2. The molecule has 2 amide bonds. The second-order valence-corrected chi connectivity index (χ2v) is 18.3. The normalized spacial score (nSPS) is 30.0. The number of hydrogen-bond donors (Lipinski definition) is 10. The topological polar surface area (TPSA) is 323 Å². The lowest BCUT2D eigenvalue weighted by atomic mass is 9.57. The van der Waals surface area contributed by atoms with Gasteiger partial charge < -0.3 is 52.3 Å². The molecule has 0 radical (unpaired) electrons. The van der Waals surface area contributed by atoms with E-state index in [0.29, 0.717) is 36.8 Å². The highest BCUT2D eigenvalue weighted by molar-refractivity contribution is 6.25. The molecule has 0 heterocycles. The van der Waals surface area contributed by atoms with E-state index in [9.17, 15) is 69.6 Å². The van der Waals surface area contributed by atoms with Gasteiger partial charge in [0, 0.05) is 23.0 Å². The van der Waals surface area contributed by atoms with Gasteiger partial charge in [0.25, 0.3) is 11.8 Å². The molecule has 0 spiro atoms. The van der Waals surface area contributed by atoms with Crippen molar-refractivity contribution in [3.8, 4) is 11.5 Å². The molecule has 18 nitrogen and oxygen atoms in total. The Morgan fingerprint density at radius 2 is 0.953 bits per heavy atom. The number of aryl methyl sites for hydroxylation is 2. The first-order valence-corrected chi connectivity index (χ1v) is 21.0. The first kappa shape index (κ1) is 44.3. The van der Waals surface area contributed by atoms with Crippen molar-refractivity contribution in [1.82, 2.24) is 9.80 Å². The quantitative estimate of drug-likeness (QED) is 0.123. The van der Waals surface area contributed by atoms with Crippen LogP contribution in [0.5, 0.6) is 11.5 Å². The lowest BCUT2D eigenvalue weighted by Crippen LogP contribution is -2.65. The molecule has 2 saturated carbocycles. The van der Waals surface area contributed by atoms with Gasteiger partial charge in [-0.25, -0.2) is 0 Å². The number of hydrogen-bond acceptors (Lipinski definition) is 16. The smallest absolute Gasteiger partial charge is 0.255 e. The fourth-order valence-electron chi connectivity index (χ4n) is 11.7. The number of Topliss-reactive ketones (excluding diaryl/α,β-unsaturated/α-hetero) is 4. The summed E-state index contributed by atoms with van der Waals surface area (Å²) in [5.74, 6) is -14.6. The first-order chi connectivity index (χ1) is 30.0. The van der Waals surface area contributed by atoms with Crippen molar-refractivity contribution in [2.45, 2.75) is 74.7 Å². The lowest BCUT2D eigenvalue weighted by molar-refractivity contribution is -0.155. The number of nitrogens with zero attached hydrogens (tertiary/aromatic N) is 2. The number of rotatable bonds is 9. The fourth-order valence-corrected chi connectivity index (χ4v) is 11.7. The average Bonchev–Trinajstić information content (AvgIpc) is 3.20. The van der Waals surface area contributed by atoms with E-state index in [4.69, 9.17) is 11.5 Å². The van der Waals surface area contributed by atoms with Crippen molar-refractivity contribution < 1.29 is 69.6 Å². The van der Waals surface area contributed by atoms with Crippen LogP contribution in [0.1, 0.15) is 59.1 Å². The number of phenolic OH excluding ortho intramolecular Hbond substituents is 2. The van der Waals surface area contributed by atoms with Gasteiger partial charge in [0.2, 0.25) is 11.6 Å². The van der Waals surface area contributed by atoms with Crippen LogP contribution >= 0.6 is 0 Å². The second kappa shape index (κ2) is 15.1. The van der Waals surface area contributed by atoms with Gasteiger partial charge in [-0.3, -0.25) is 38.6 Å². The molecular weight excluding hydrogens is 833 g/mol.